The molecule has 1 N–H and O–H groups in total. The summed E-state index contributed by atoms with van der Waals surface area (Å²) >= 11 is 0. The van der Waals surface area contributed by atoms with Gasteiger partial charge in [-0.1, -0.05) is 0 Å². The number of ether oxygens (including phenoxy) is 1. The molecule has 1 amide bonds. The number of benzene rings is 2. The number of amides is 1. The molecule has 0 unspecified atom stereocenters. The largest absolute Gasteiger partial charge is 0.497 e. The minimum absolute atomic E-state index is 0.297. The van der Waals surface area contributed by atoms with Crippen LogP contribution in [0.15, 0.2) is 73.2 Å². The molecule has 0 radical (unpaired) electrons. The Kier molecular flexibility index (Phi) is 5.66. The van der Waals surface area contributed by atoms with E-state index in [-0.39, 0.29) is 11.7 Å². The quantitative estimate of drug-likeness (QED) is 0.502. The van der Waals surface area contributed by atoms with Crippen LogP contribution in [0.2, 0.25) is 0 Å². The topological polar surface area (TPSA) is 77.0 Å². The van der Waals surface area contributed by atoms with Gasteiger partial charge < -0.3 is 10.1 Å². The number of hydrogen-bond donors (Lipinski definition) is 1. The highest BCUT2D eigenvalue weighted by Gasteiger charge is 2.18. The lowest BCUT2D eigenvalue weighted by Gasteiger charge is -2.12. The van der Waals surface area contributed by atoms with Gasteiger partial charge in [-0.25, -0.2) is 14.4 Å². The van der Waals surface area contributed by atoms with Gasteiger partial charge in [-0.3, -0.25) is 9.78 Å². The number of nitrogens with one attached hydrogen (secondary N) is 1. The maximum Gasteiger partial charge on any atom is 0.259 e. The smallest absolute Gasteiger partial charge is 0.259 e. The number of aryl methyl sites for hydroxylation is 1. The van der Waals surface area contributed by atoms with E-state index in [0.717, 1.165) is 16.9 Å². The summed E-state index contributed by atoms with van der Waals surface area (Å²) in [5, 5.41) is 2.79. The summed E-state index contributed by atoms with van der Waals surface area (Å²) in [4.78, 5) is 26.1. The average Bonchev–Trinajstić information content (AvgIpc) is 2.81. The molecule has 2 aromatic carbocycles. The lowest BCUT2D eigenvalue weighted by molar-refractivity contribution is 0.102. The molecule has 2 heterocycles. The number of carbonyl (C=O) groups is 1. The molecule has 31 heavy (non-hydrogen) atoms. The summed E-state index contributed by atoms with van der Waals surface area (Å²) in [7, 11) is 1.60. The third-order valence-electron chi connectivity index (χ3n) is 4.75. The molecule has 2 aromatic heterocycles. The summed E-state index contributed by atoms with van der Waals surface area (Å²) in [5.74, 6) is 0.481. The predicted octanol–water partition coefficient (Wildman–Crippen LogP) is 4.91. The number of carbonyl (C=O) groups excluding carboxylic acids is 1. The third kappa shape index (κ3) is 4.40. The number of rotatable bonds is 5. The zero-order valence-corrected chi connectivity index (χ0v) is 17.0. The monoisotopic (exact) mass is 414 g/mol. The number of halogens is 1. The van der Waals surface area contributed by atoms with Gasteiger partial charge in [0.25, 0.3) is 5.91 Å². The lowest BCUT2D eigenvalue weighted by atomic mass is 10.1. The van der Waals surface area contributed by atoms with E-state index in [1.165, 1.54) is 18.3 Å². The zero-order chi connectivity index (χ0) is 21.8. The average molecular weight is 414 g/mol. The Hall–Kier alpha value is -4.13. The number of anilines is 1. The van der Waals surface area contributed by atoms with E-state index >= 15 is 0 Å². The van der Waals surface area contributed by atoms with Crippen LogP contribution in [-0.2, 0) is 0 Å². The molecule has 6 nitrogen and oxygen atoms in total. The first kappa shape index (κ1) is 20.2. The van der Waals surface area contributed by atoms with Crippen molar-refractivity contribution < 1.29 is 13.9 Å². The molecule has 0 aliphatic carbocycles. The summed E-state index contributed by atoms with van der Waals surface area (Å²) in [5.41, 5.74) is 3.22. The molecule has 0 bridgehead atoms. The van der Waals surface area contributed by atoms with Crippen LogP contribution in [0, 0.1) is 12.7 Å². The number of methoxy groups -OCH3 is 1. The van der Waals surface area contributed by atoms with E-state index in [2.05, 4.69) is 20.3 Å². The normalized spacial score (nSPS) is 10.5. The van der Waals surface area contributed by atoms with Crippen LogP contribution >= 0.6 is 0 Å². The molecule has 0 fully saturated rings. The Morgan fingerprint density at radius 1 is 1.00 bits per heavy atom. The molecule has 4 aromatic rings. The molecule has 0 aliphatic rings. The van der Waals surface area contributed by atoms with E-state index in [4.69, 9.17) is 4.74 Å². The van der Waals surface area contributed by atoms with Crippen molar-refractivity contribution in [3.8, 4) is 28.4 Å². The van der Waals surface area contributed by atoms with E-state index < -0.39 is 0 Å². The maximum absolute atomic E-state index is 13.6. The van der Waals surface area contributed by atoms with Gasteiger partial charge in [-0.2, -0.15) is 0 Å². The Morgan fingerprint density at radius 3 is 2.42 bits per heavy atom. The van der Waals surface area contributed by atoms with Gasteiger partial charge in [0.2, 0.25) is 0 Å². The fourth-order valence-corrected chi connectivity index (χ4v) is 3.08. The highest BCUT2D eigenvalue weighted by Crippen LogP contribution is 2.26. The number of aromatic nitrogens is 3. The van der Waals surface area contributed by atoms with Crippen molar-refractivity contribution >= 4 is 11.6 Å². The van der Waals surface area contributed by atoms with E-state index in [9.17, 15) is 9.18 Å². The Balaban J connectivity index is 1.74. The van der Waals surface area contributed by atoms with Crippen molar-refractivity contribution in [1.29, 1.82) is 0 Å². The second-order valence-electron chi connectivity index (χ2n) is 6.84. The zero-order valence-electron chi connectivity index (χ0n) is 17.0. The highest BCUT2D eigenvalue weighted by atomic mass is 19.1. The molecular weight excluding hydrogens is 395 g/mol. The molecule has 7 heteroatoms. The minimum atomic E-state index is -0.390. The Labute approximate surface area is 178 Å². The maximum atomic E-state index is 13.6. The predicted molar refractivity (Wildman–Crippen MR) is 116 cm³/mol. The van der Waals surface area contributed by atoms with E-state index in [1.54, 1.807) is 44.6 Å². The SMILES string of the molecule is COc1ccc(-c2ncc(C(=O)Nc3ccc(F)c(C)c3)c(-c3ccncc3)n2)cc1. The first-order valence-electron chi connectivity index (χ1n) is 9.54. The fourth-order valence-electron chi connectivity index (χ4n) is 3.08. The highest BCUT2D eigenvalue weighted by molar-refractivity contribution is 6.08. The molecular formula is C24H19FN4O2. The molecule has 4 rings (SSSR count). The summed E-state index contributed by atoms with van der Waals surface area (Å²) < 4.78 is 18.7. The van der Waals surface area contributed by atoms with Crippen LogP contribution in [-0.4, -0.2) is 28.0 Å². The van der Waals surface area contributed by atoms with Crippen molar-refractivity contribution in [2.24, 2.45) is 0 Å². The van der Waals surface area contributed by atoms with Gasteiger partial charge in [-0.05, 0) is 67.1 Å². The first-order chi connectivity index (χ1) is 15.0. The summed E-state index contributed by atoms with van der Waals surface area (Å²) in [6.07, 6.45) is 4.76. The van der Waals surface area contributed by atoms with Crippen LogP contribution < -0.4 is 10.1 Å². The summed E-state index contributed by atoms with van der Waals surface area (Å²) in [6.45, 7) is 1.64. The van der Waals surface area contributed by atoms with Gasteiger partial charge in [-0.15, -0.1) is 0 Å². The number of pyridine rings is 1. The van der Waals surface area contributed by atoms with Crippen molar-refractivity contribution in [2.45, 2.75) is 6.92 Å². The second kappa shape index (κ2) is 8.71. The Bertz CT molecular complexity index is 1230. The molecule has 0 saturated heterocycles. The molecule has 0 atom stereocenters. The van der Waals surface area contributed by atoms with Crippen LogP contribution in [0.4, 0.5) is 10.1 Å². The van der Waals surface area contributed by atoms with Crippen LogP contribution in [0.1, 0.15) is 15.9 Å². The standard InChI is InChI=1S/C24H19FN4O2/c1-15-13-18(5-8-21(15)25)28-24(30)20-14-27-23(17-3-6-19(31-2)7-4-17)29-22(20)16-9-11-26-12-10-16/h3-14H,1-2H3,(H,28,30). The molecule has 0 saturated carbocycles. The van der Waals surface area contributed by atoms with Gasteiger partial charge in [0.1, 0.15) is 11.6 Å². The van der Waals surface area contributed by atoms with Crippen LogP contribution in [0.3, 0.4) is 0 Å². The van der Waals surface area contributed by atoms with Crippen molar-refractivity contribution in [1.82, 2.24) is 15.0 Å². The van der Waals surface area contributed by atoms with E-state index in [1.807, 2.05) is 24.3 Å². The molecule has 154 valence electrons. The fraction of sp³-hybridized carbons (Fsp3) is 0.0833. The van der Waals surface area contributed by atoms with Crippen LogP contribution in [0.25, 0.3) is 22.6 Å². The summed E-state index contributed by atoms with van der Waals surface area (Å²) in [6, 6.07) is 15.3. The van der Waals surface area contributed by atoms with Gasteiger partial charge in [0, 0.05) is 35.4 Å². The van der Waals surface area contributed by atoms with Crippen LogP contribution in [0.5, 0.6) is 5.75 Å². The van der Waals surface area contributed by atoms with Crippen molar-refractivity contribution in [2.75, 3.05) is 12.4 Å². The van der Waals surface area contributed by atoms with Gasteiger partial charge >= 0.3 is 0 Å². The van der Waals surface area contributed by atoms with Gasteiger partial charge in [0.05, 0.1) is 18.4 Å². The van der Waals surface area contributed by atoms with Crippen molar-refractivity contribution in [3.05, 3.63) is 90.1 Å². The first-order valence-corrected chi connectivity index (χ1v) is 9.54. The number of hydrogen-bond acceptors (Lipinski definition) is 5. The number of nitrogens with zero attached hydrogens (tertiary/aromatic N) is 3. The molecule has 0 spiro atoms. The van der Waals surface area contributed by atoms with E-state index in [0.29, 0.717) is 28.3 Å². The molecule has 0 aliphatic heterocycles. The van der Waals surface area contributed by atoms with Gasteiger partial charge in [0.15, 0.2) is 5.82 Å². The second-order valence-corrected chi connectivity index (χ2v) is 6.84. The lowest BCUT2D eigenvalue weighted by Crippen LogP contribution is -2.15. The minimum Gasteiger partial charge on any atom is -0.497 e. The van der Waals surface area contributed by atoms with Crippen molar-refractivity contribution in [3.63, 3.8) is 0 Å². The third-order valence-corrected chi connectivity index (χ3v) is 4.75. The Morgan fingerprint density at radius 2 is 1.74 bits per heavy atom.